The molecule has 0 aliphatic carbocycles. The molecule has 0 saturated heterocycles. The minimum absolute atomic E-state index is 0.0546. The van der Waals surface area contributed by atoms with Gasteiger partial charge in [0.25, 0.3) is 11.6 Å². The number of non-ortho nitro benzene ring substituents is 1. The van der Waals surface area contributed by atoms with E-state index in [1.165, 1.54) is 17.0 Å². The Kier molecular flexibility index (Phi) is 7.19. The van der Waals surface area contributed by atoms with Crippen molar-refractivity contribution in [3.05, 3.63) is 63.2 Å². The highest BCUT2D eigenvalue weighted by Gasteiger charge is 2.31. The summed E-state index contributed by atoms with van der Waals surface area (Å²) in [6.45, 7) is 4.19. The molecule has 2 aromatic carbocycles. The second kappa shape index (κ2) is 9.86. The Morgan fingerprint density at radius 3 is 2.56 bits per heavy atom. The number of likely N-dealkylation sites (N-methyl/N-ethyl adjacent to an activating group) is 1. The molecule has 32 heavy (non-hydrogen) atoms. The quantitative estimate of drug-likeness (QED) is 0.500. The topological polar surface area (TPSA) is 111 Å². The van der Waals surface area contributed by atoms with Crippen molar-refractivity contribution in [2.45, 2.75) is 26.0 Å². The third-order valence-electron chi connectivity index (χ3n) is 5.05. The van der Waals surface area contributed by atoms with Crippen molar-refractivity contribution in [2.75, 3.05) is 20.2 Å². The van der Waals surface area contributed by atoms with Crippen molar-refractivity contribution in [2.24, 2.45) is 5.92 Å². The molecule has 0 fully saturated rings. The third-order valence-corrected chi connectivity index (χ3v) is 5.36. The minimum Gasteiger partial charge on any atom is -0.486 e. The molecule has 2 amide bonds. The number of carbonyl (C=O) groups is 2. The van der Waals surface area contributed by atoms with E-state index in [0.29, 0.717) is 18.1 Å². The van der Waals surface area contributed by atoms with Gasteiger partial charge in [-0.1, -0.05) is 37.6 Å². The highest BCUT2D eigenvalue weighted by atomic mass is 35.5. The van der Waals surface area contributed by atoms with Crippen LogP contribution in [0.15, 0.2) is 42.5 Å². The summed E-state index contributed by atoms with van der Waals surface area (Å²) in [5, 5.41) is 13.5. The van der Waals surface area contributed by atoms with Gasteiger partial charge < -0.3 is 19.7 Å². The Morgan fingerprint density at radius 1 is 1.25 bits per heavy atom. The summed E-state index contributed by atoms with van der Waals surface area (Å²) in [5.74, 6) is 0.177. The molecule has 1 heterocycles. The minimum atomic E-state index is -0.824. The van der Waals surface area contributed by atoms with Crippen LogP contribution in [0.5, 0.6) is 11.5 Å². The maximum absolute atomic E-state index is 13.1. The summed E-state index contributed by atoms with van der Waals surface area (Å²) in [6, 6.07) is 10.0. The van der Waals surface area contributed by atoms with Gasteiger partial charge in [0, 0.05) is 19.2 Å². The largest absolute Gasteiger partial charge is 0.486 e. The first-order valence-corrected chi connectivity index (χ1v) is 10.4. The number of ether oxygens (including phenoxy) is 2. The van der Waals surface area contributed by atoms with Gasteiger partial charge in [-0.05, 0) is 24.1 Å². The van der Waals surface area contributed by atoms with Gasteiger partial charge in [-0.25, -0.2) is 0 Å². The normalized spacial score (nSPS) is 15.7. The number of rotatable bonds is 7. The van der Waals surface area contributed by atoms with Crippen LogP contribution in [0.2, 0.25) is 5.02 Å². The zero-order valence-electron chi connectivity index (χ0n) is 17.9. The number of nitrogens with one attached hydrogen (secondary N) is 1. The van der Waals surface area contributed by atoms with E-state index in [9.17, 15) is 19.7 Å². The first-order chi connectivity index (χ1) is 15.2. The van der Waals surface area contributed by atoms with Crippen molar-refractivity contribution >= 4 is 29.1 Å². The fraction of sp³-hybridized carbons (Fsp3) is 0.364. The van der Waals surface area contributed by atoms with Crippen molar-refractivity contribution in [3.63, 3.8) is 0 Å². The zero-order chi connectivity index (χ0) is 23.4. The number of carbonyl (C=O) groups excluding carboxylic acids is 2. The maximum Gasteiger partial charge on any atom is 0.270 e. The van der Waals surface area contributed by atoms with Crippen LogP contribution < -0.4 is 14.8 Å². The third kappa shape index (κ3) is 5.28. The Labute approximate surface area is 190 Å². The van der Waals surface area contributed by atoms with E-state index in [4.69, 9.17) is 21.1 Å². The molecule has 1 unspecified atom stereocenters. The Morgan fingerprint density at radius 2 is 1.94 bits per heavy atom. The number of hydrogen-bond donors (Lipinski definition) is 1. The van der Waals surface area contributed by atoms with E-state index in [1.807, 2.05) is 32.0 Å². The molecule has 2 atom stereocenters. The Balaban J connectivity index is 1.66. The smallest absolute Gasteiger partial charge is 0.270 e. The first kappa shape index (κ1) is 23.3. The van der Waals surface area contributed by atoms with Crippen LogP contribution >= 0.6 is 11.6 Å². The summed E-state index contributed by atoms with van der Waals surface area (Å²) >= 11 is 6.05. The van der Waals surface area contributed by atoms with Crippen LogP contribution in [0.25, 0.3) is 0 Å². The molecule has 1 aliphatic heterocycles. The number of fused-ring (bicyclic) bond motifs is 1. The lowest BCUT2D eigenvalue weighted by atomic mass is 10.0. The lowest BCUT2D eigenvalue weighted by molar-refractivity contribution is -0.384. The Bertz CT molecular complexity index is 1030. The number of para-hydroxylation sites is 2. The molecule has 2 aromatic rings. The van der Waals surface area contributed by atoms with Gasteiger partial charge in [-0.2, -0.15) is 0 Å². The van der Waals surface area contributed by atoms with Crippen LogP contribution in [-0.2, 0) is 4.79 Å². The van der Waals surface area contributed by atoms with Gasteiger partial charge in [-0.3, -0.25) is 19.7 Å². The van der Waals surface area contributed by atoms with Crippen LogP contribution in [0.3, 0.4) is 0 Å². The summed E-state index contributed by atoms with van der Waals surface area (Å²) in [6.07, 6.45) is -0.355. The number of nitro groups is 1. The van der Waals surface area contributed by atoms with E-state index in [1.54, 1.807) is 13.1 Å². The standard InChI is InChI=1S/C22H24ClN3O6/c1-13(2)20(24-21(27)16-9-8-14(26(29)30)10-17(16)23)22(28)25(3)11-15-12-31-18-6-4-5-7-19(18)32-15/h4-10,13,15,20H,11-12H2,1-3H3,(H,24,27)/t15?,20-/m0/s1. The number of nitrogens with zero attached hydrogens (tertiary/aromatic N) is 2. The van der Waals surface area contributed by atoms with Crippen molar-refractivity contribution in [3.8, 4) is 11.5 Å². The summed E-state index contributed by atoms with van der Waals surface area (Å²) < 4.78 is 11.6. The number of halogens is 1. The van der Waals surface area contributed by atoms with E-state index in [0.717, 1.165) is 6.07 Å². The lowest BCUT2D eigenvalue weighted by Crippen LogP contribution is -2.52. The molecule has 0 spiro atoms. The predicted molar refractivity (Wildman–Crippen MR) is 118 cm³/mol. The van der Waals surface area contributed by atoms with Crippen molar-refractivity contribution < 1.29 is 24.0 Å². The molecule has 10 heteroatoms. The van der Waals surface area contributed by atoms with Gasteiger partial charge in [-0.15, -0.1) is 0 Å². The Hall–Kier alpha value is -3.33. The van der Waals surface area contributed by atoms with Gasteiger partial charge in [0.05, 0.1) is 22.1 Å². The van der Waals surface area contributed by atoms with Crippen LogP contribution in [0, 0.1) is 16.0 Å². The molecule has 1 N–H and O–H groups in total. The van der Waals surface area contributed by atoms with Crippen LogP contribution in [0.4, 0.5) is 5.69 Å². The first-order valence-electron chi connectivity index (χ1n) is 10.1. The fourth-order valence-electron chi connectivity index (χ4n) is 3.32. The summed E-state index contributed by atoms with van der Waals surface area (Å²) in [7, 11) is 1.63. The second-order valence-electron chi connectivity index (χ2n) is 7.83. The highest BCUT2D eigenvalue weighted by molar-refractivity contribution is 6.34. The van der Waals surface area contributed by atoms with Crippen molar-refractivity contribution in [1.29, 1.82) is 0 Å². The molecule has 170 valence electrons. The highest BCUT2D eigenvalue weighted by Crippen LogP contribution is 2.31. The number of benzene rings is 2. The molecular formula is C22H24ClN3O6. The lowest BCUT2D eigenvalue weighted by Gasteiger charge is -2.32. The molecular weight excluding hydrogens is 438 g/mol. The molecule has 0 saturated carbocycles. The number of amides is 2. The van der Waals surface area contributed by atoms with Gasteiger partial charge in [0.2, 0.25) is 5.91 Å². The van der Waals surface area contributed by atoms with Gasteiger partial charge >= 0.3 is 0 Å². The van der Waals surface area contributed by atoms with Crippen LogP contribution in [0.1, 0.15) is 24.2 Å². The average Bonchev–Trinajstić information content (AvgIpc) is 2.76. The van der Waals surface area contributed by atoms with Crippen LogP contribution in [-0.4, -0.2) is 54.0 Å². The molecule has 0 aromatic heterocycles. The predicted octanol–water partition coefficient (Wildman–Crippen LogP) is 3.30. The molecule has 3 rings (SSSR count). The molecule has 0 radical (unpaired) electrons. The van der Waals surface area contributed by atoms with E-state index in [-0.39, 0.29) is 40.7 Å². The average molecular weight is 462 g/mol. The van der Waals surface area contributed by atoms with E-state index >= 15 is 0 Å². The van der Waals surface area contributed by atoms with Gasteiger partial charge in [0.15, 0.2) is 17.6 Å². The van der Waals surface area contributed by atoms with E-state index in [2.05, 4.69) is 5.32 Å². The summed E-state index contributed by atoms with van der Waals surface area (Å²) in [5.41, 5.74) is -0.168. The molecule has 0 bridgehead atoms. The monoisotopic (exact) mass is 461 g/mol. The zero-order valence-corrected chi connectivity index (χ0v) is 18.7. The number of hydrogen-bond acceptors (Lipinski definition) is 6. The second-order valence-corrected chi connectivity index (χ2v) is 8.24. The molecule has 9 nitrogen and oxygen atoms in total. The fourth-order valence-corrected chi connectivity index (χ4v) is 3.58. The van der Waals surface area contributed by atoms with Crippen molar-refractivity contribution in [1.82, 2.24) is 10.2 Å². The SMILES string of the molecule is CC(C)[C@H](NC(=O)c1ccc([N+](=O)[O-])cc1Cl)C(=O)N(C)CC1COc2ccccc2O1. The maximum atomic E-state index is 13.1. The number of nitro benzene ring substituents is 1. The molecule has 1 aliphatic rings. The summed E-state index contributed by atoms with van der Waals surface area (Å²) in [4.78, 5) is 37.6. The van der Waals surface area contributed by atoms with E-state index < -0.39 is 16.9 Å². The van der Waals surface area contributed by atoms with Gasteiger partial charge in [0.1, 0.15) is 12.6 Å².